The smallest absolute Gasteiger partial charge is 0.154 e. The van der Waals surface area contributed by atoms with Crippen molar-refractivity contribution in [2.24, 2.45) is 17.6 Å². The van der Waals surface area contributed by atoms with E-state index in [-0.39, 0.29) is 6.04 Å². The molecule has 0 aromatic carbocycles. The van der Waals surface area contributed by atoms with Crippen LogP contribution in [-0.4, -0.2) is 25.5 Å². The van der Waals surface area contributed by atoms with Gasteiger partial charge in [-0.2, -0.15) is 0 Å². The molecule has 1 aliphatic carbocycles. The molecule has 0 heterocycles. The van der Waals surface area contributed by atoms with Gasteiger partial charge in [0, 0.05) is 12.3 Å². The van der Waals surface area contributed by atoms with Crippen LogP contribution in [0, 0.1) is 11.8 Å². The Labute approximate surface area is 106 Å². The van der Waals surface area contributed by atoms with E-state index in [1.54, 1.807) is 13.8 Å². The maximum absolute atomic E-state index is 11.8. The number of sulfone groups is 1. The molecule has 1 rings (SSSR count). The first-order valence-corrected chi connectivity index (χ1v) is 8.54. The molecular formula is C13H27NO2S. The standard InChI is InChI=1S/C13H27NO2S/c1-5-10-7-6-8-11(9-10)12(14)13(2,3)17(4,15)16/h10-12H,5-9,14H2,1-4H3. The Morgan fingerprint density at radius 1 is 1.35 bits per heavy atom. The van der Waals surface area contributed by atoms with Crippen molar-refractivity contribution in [3.8, 4) is 0 Å². The molecule has 1 saturated carbocycles. The zero-order valence-electron chi connectivity index (χ0n) is 11.6. The summed E-state index contributed by atoms with van der Waals surface area (Å²) in [4.78, 5) is 0. The molecule has 0 bridgehead atoms. The van der Waals surface area contributed by atoms with Crippen LogP contribution in [0.3, 0.4) is 0 Å². The summed E-state index contributed by atoms with van der Waals surface area (Å²) in [6.07, 6.45) is 7.12. The molecule has 0 saturated heterocycles. The Hall–Kier alpha value is -0.0900. The van der Waals surface area contributed by atoms with E-state index in [0.29, 0.717) is 5.92 Å². The van der Waals surface area contributed by atoms with Crippen molar-refractivity contribution in [1.29, 1.82) is 0 Å². The van der Waals surface area contributed by atoms with Crippen LogP contribution in [0.2, 0.25) is 0 Å². The molecule has 0 amide bonds. The van der Waals surface area contributed by atoms with Crippen molar-refractivity contribution in [3.05, 3.63) is 0 Å². The van der Waals surface area contributed by atoms with Gasteiger partial charge in [-0.05, 0) is 38.5 Å². The molecule has 3 unspecified atom stereocenters. The summed E-state index contributed by atoms with van der Waals surface area (Å²) in [7, 11) is -3.10. The lowest BCUT2D eigenvalue weighted by Gasteiger charge is -2.39. The van der Waals surface area contributed by atoms with Crippen LogP contribution >= 0.6 is 0 Å². The molecule has 0 spiro atoms. The zero-order chi connectivity index (χ0) is 13.3. The largest absolute Gasteiger partial charge is 0.326 e. The third-order valence-corrected chi connectivity index (χ3v) is 6.85. The fourth-order valence-electron chi connectivity index (χ4n) is 2.84. The Morgan fingerprint density at radius 2 is 1.94 bits per heavy atom. The fourth-order valence-corrected chi connectivity index (χ4v) is 3.53. The highest BCUT2D eigenvalue weighted by atomic mass is 32.2. The summed E-state index contributed by atoms with van der Waals surface area (Å²) in [6, 6.07) is -0.244. The second-order valence-electron chi connectivity index (χ2n) is 6.10. The molecular weight excluding hydrogens is 234 g/mol. The van der Waals surface area contributed by atoms with E-state index in [9.17, 15) is 8.42 Å². The monoisotopic (exact) mass is 261 g/mol. The van der Waals surface area contributed by atoms with Crippen LogP contribution in [0.1, 0.15) is 52.9 Å². The van der Waals surface area contributed by atoms with Gasteiger partial charge < -0.3 is 5.73 Å². The van der Waals surface area contributed by atoms with Gasteiger partial charge in [-0.3, -0.25) is 0 Å². The molecule has 3 nitrogen and oxygen atoms in total. The Morgan fingerprint density at radius 3 is 2.41 bits per heavy atom. The molecule has 2 N–H and O–H groups in total. The average Bonchev–Trinajstić information content (AvgIpc) is 2.26. The minimum atomic E-state index is -3.10. The average molecular weight is 261 g/mol. The lowest BCUT2D eigenvalue weighted by atomic mass is 9.74. The van der Waals surface area contributed by atoms with Crippen LogP contribution in [0.4, 0.5) is 0 Å². The van der Waals surface area contributed by atoms with Gasteiger partial charge in [0.2, 0.25) is 0 Å². The molecule has 1 aliphatic rings. The fraction of sp³-hybridized carbons (Fsp3) is 1.00. The number of nitrogens with two attached hydrogens (primary N) is 1. The SMILES string of the molecule is CCC1CCCC(C(N)C(C)(C)S(C)(=O)=O)C1. The topological polar surface area (TPSA) is 60.2 Å². The quantitative estimate of drug-likeness (QED) is 0.845. The van der Waals surface area contributed by atoms with Crippen molar-refractivity contribution in [1.82, 2.24) is 0 Å². The van der Waals surface area contributed by atoms with Gasteiger partial charge in [0.1, 0.15) is 0 Å². The summed E-state index contributed by atoms with van der Waals surface area (Å²) in [5.74, 6) is 1.09. The highest BCUT2D eigenvalue weighted by molar-refractivity contribution is 7.92. The summed E-state index contributed by atoms with van der Waals surface area (Å²) in [5, 5.41) is 0. The maximum Gasteiger partial charge on any atom is 0.154 e. The molecule has 3 atom stereocenters. The predicted molar refractivity (Wildman–Crippen MR) is 72.6 cm³/mol. The molecule has 0 aromatic heterocycles. The van der Waals surface area contributed by atoms with Gasteiger partial charge >= 0.3 is 0 Å². The summed E-state index contributed by atoms with van der Waals surface area (Å²) in [6.45, 7) is 5.74. The number of hydrogen-bond acceptors (Lipinski definition) is 3. The Kier molecular flexibility index (Phi) is 4.64. The third kappa shape index (κ3) is 3.22. The third-order valence-electron chi connectivity index (χ3n) is 4.67. The first-order valence-electron chi connectivity index (χ1n) is 6.65. The van der Waals surface area contributed by atoms with Crippen molar-refractivity contribution in [3.63, 3.8) is 0 Å². The van der Waals surface area contributed by atoms with Gasteiger partial charge in [0.25, 0.3) is 0 Å². The Balaban J connectivity index is 2.79. The van der Waals surface area contributed by atoms with Crippen molar-refractivity contribution >= 4 is 9.84 Å². The number of hydrogen-bond donors (Lipinski definition) is 1. The minimum Gasteiger partial charge on any atom is -0.326 e. The van der Waals surface area contributed by atoms with Crippen LogP contribution in [-0.2, 0) is 9.84 Å². The van der Waals surface area contributed by atoms with Crippen molar-refractivity contribution in [2.45, 2.75) is 63.7 Å². The molecule has 0 aromatic rings. The molecule has 17 heavy (non-hydrogen) atoms. The minimum absolute atomic E-state index is 0.244. The van der Waals surface area contributed by atoms with Crippen LogP contribution in [0.25, 0.3) is 0 Å². The predicted octanol–water partition coefficient (Wildman–Crippen LogP) is 2.35. The van der Waals surface area contributed by atoms with Gasteiger partial charge in [0.05, 0.1) is 4.75 Å². The van der Waals surface area contributed by atoms with Gasteiger partial charge in [-0.25, -0.2) is 8.42 Å². The molecule has 4 heteroatoms. The molecule has 0 radical (unpaired) electrons. The van der Waals surface area contributed by atoms with E-state index < -0.39 is 14.6 Å². The Bertz CT molecular complexity index is 348. The highest BCUT2D eigenvalue weighted by Crippen LogP contribution is 2.36. The van der Waals surface area contributed by atoms with E-state index in [2.05, 4.69) is 6.92 Å². The van der Waals surface area contributed by atoms with E-state index in [4.69, 9.17) is 5.73 Å². The van der Waals surface area contributed by atoms with Crippen LogP contribution in [0.15, 0.2) is 0 Å². The van der Waals surface area contributed by atoms with Crippen LogP contribution in [0.5, 0.6) is 0 Å². The van der Waals surface area contributed by atoms with Crippen molar-refractivity contribution in [2.75, 3.05) is 6.26 Å². The zero-order valence-corrected chi connectivity index (χ0v) is 12.4. The van der Waals surface area contributed by atoms with Gasteiger partial charge in [-0.1, -0.05) is 26.2 Å². The van der Waals surface area contributed by atoms with Gasteiger partial charge in [-0.15, -0.1) is 0 Å². The highest BCUT2D eigenvalue weighted by Gasteiger charge is 2.41. The second-order valence-corrected chi connectivity index (χ2v) is 8.70. The van der Waals surface area contributed by atoms with E-state index in [1.807, 2.05) is 0 Å². The molecule has 1 fully saturated rings. The first kappa shape index (κ1) is 15.0. The maximum atomic E-state index is 11.8. The summed E-state index contributed by atoms with van der Waals surface area (Å²) >= 11 is 0. The van der Waals surface area contributed by atoms with Crippen molar-refractivity contribution < 1.29 is 8.42 Å². The number of rotatable bonds is 4. The van der Waals surface area contributed by atoms with E-state index in [0.717, 1.165) is 18.8 Å². The molecule has 0 aliphatic heterocycles. The van der Waals surface area contributed by atoms with E-state index in [1.165, 1.54) is 25.5 Å². The van der Waals surface area contributed by atoms with Crippen LogP contribution < -0.4 is 5.73 Å². The van der Waals surface area contributed by atoms with E-state index >= 15 is 0 Å². The second kappa shape index (κ2) is 5.27. The molecule has 102 valence electrons. The van der Waals surface area contributed by atoms with Gasteiger partial charge in [0.15, 0.2) is 9.84 Å². The summed E-state index contributed by atoms with van der Waals surface area (Å²) < 4.78 is 22.8. The lowest BCUT2D eigenvalue weighted by molar-refractivity contribution is 0.210. The summed E-state index contributed by atoms with van der Waals surface area (Å²) in [5.41, 5.74) is 6.25. The normalized spacial score (nSPS) is 29.0. The first-order chi connectivity index (χ1) is 7.70. The lowest BCUT2D eigenvalue weighted by Crippen LogP contribution is -2.53.